The molecule has 0 spiro atoms. The summed E-state index contributed by atoms with van der Waals surface area (Å²) in [4.78, 5) is 0.190. The number of aromatic amines is 1. The molecule has 0 saturated heterocycles. The molecule has 0 aliphatic carbocycles. The molecule has 1 aromatic heterocycles. The van der Waals surface area contributed by atoms with Crippen molar-refractivity contribution in [2.45, 2.75) is 25.3 Å². The van der Waals surface area contributed by atoms with Gasteiger partial charge < -0.3 is 5.11 Å². The molecule has 7 heteroatoms. The Hall–Kier alpha value is -1.86. The molecule has 0 aliphatic heterocycles. The van der Waals surface area contributed by atoms with Crippen molar-refractivity contribution in [3.05, 3.63) is 41.2 Å². The zero-order valence-corrected chi connectivity index (χ0v) is 12.4. The first-order valence-corrected chi connectivity index (χ1v) is 7.53. The Bertz CT molecular complexity index is 703. The monoisotopic (exact) mass is 295 g/mol. The summed E-state index contributed by atoms with van der Waals surface area (Å²) < 4.78 is 26.3. The molecular weight excluding hydrogens is 278 g/mol. The molecule has 2 aromatic rings. The number of rotatable bonds is 4. The van der Waals surface area contributed by atoms with E-state index < -0.39 is 10.0 Å². The van der Waals surface area contributed by atoms with E-state index in [9.17, 15) is 13.5 Å². The predicted octanol–water partition coefficient (Wildman–Crippen LogP) is 1.55. The number of benzene rings is 1. The molecule has 2 N–H and O–H groups in total. The Morgan fingerprint density at radius 3 is 2.50 bits per heavy atom. The first-order chi connectivity index (χ1) is 9.34. The summed E-state index contributed by atoms with van der Waals surface area (Å²) in [5.74, 6) is 0.0789. The predicted molar refractivity (Wildman–Crippen MR) is 74.8 cm³/mol. The molecule has 0 saturated carbocycles. The Morgan fingerprint density at radius 1 is 1.30 bits per heavy atom. The zero-order valence-electron chi connectivity index (χ0n) is 11.6. The van der Waals surface area contributed by atoms with Crippen molar-refractivity contribution in [1.29, 1.82) is 0 Å². The van der Waals surface area contributed by atoms with Gasteiger partial charge in [-0.1, -0.05) is 18.2 Å². The second-order valence-corrected chi connectivity index (χ2v) is 6.63. The van der Waals surface area contributed by atoms with Crippen molar-refractivity contribution in [3.8, 4) is 5.75 Å². The summed E-state index contributed by atoms with van der Waals surface area (Å²) in [6.45, 7) is 3.41. The Balaban J connectivity index is 2.34. The summed E-state index contributed by atoms with van der Waals surface area (Å²) in [6, 6.07) is 6.67. The van der Waals surface area contributed by atoms with E-state index >= 15 is 0 Å². The molecule has 0 atom stereocenters. The number of hydrogen-bond donors (Lipinski definition) is 2. The normalized spacial score (nSPS) is 12.0. The average molecular weight is 295 g/mol. The maximum Gasteiger partial charge on any atom is 0.246 e. The molecule has 0 unspecified atom stereocenters. The second kappa shape index (κ2) is 5.26. The van der Waals surface area contributed by atoms with E-state index in [4.69, 9.17) is 0 Å². The minimum atomic E-state index is -3.64. The number of phenols is 1. The fourth-order valence-corrected chi connectivity index (χ4v) is 3.52. The summed E-state index contributed by atoms with van der Waals surface area (Å²) in [7, 11) is -2.16. The molecule has 20 heavy (non-hydrogen) atoms. The lowest BCUT2D eigenvalue weighted by molar-refractivity contribution is 0.435. The highest BCUT2D eigenvalue weighted by Gasteiger charge is 2.27. The number of nitrogens with zero attached hydrogens (tertiary/aromatic N) is 2. The van der Waals surface area contributed by atoms with Crippen LogP contribution in [0.2, 0.25) is 0 Å². The summed E-state index contributed by atoms with van der Waals surface area (Å²) in [5.41, 5.74) is 1.50. The van der Waals surface area contributed by atoms with Gasteiger partial charge in [0.2, 0.25) is 10.0 Å². The van der Waals surface area contributed by atoms with Crippen LogP contribution in [0.25, 0.3) is 0 Å². The second-order valence-electron chi connectivity index (χ2n) is 4.65. The lowest BCUT2D eigenvalue weighted by Crippen LogP contribution is -2.27. The Labute approximate surface area is 118 Å². The largest absolute Gasteiger partial charge is 0.508 e. The molecule has 1 aromatic carbocycles. The fourth-order valence-electron chi connectivity index (χ4n) is 2.05. The average Bonchev–Trinajstić information content (AvgIpc) is 2.72. The molecule has 0 bridgehead atoms. The van der Waals surface area contributed by atoms with Crippen LogP contribution in [-0.4, -0.2) is 35.1 Å². The first kappa shape index (κ1) is 14.5. The van der Waals surface area contributed by atoms with Crippen molar-refractivity contribution in [1.82, 2.24) is 14.5 Å². The maximum absolute atomic E-state index is 12.5. The van der Waals surface area contributed by atoms with Crippen LogP contribution in [-0.2, 0) is 16.6 Å². The molecule has 0 aliphatic rings. The molecule has 0 fully saturated rings. The lowest BCUT2D eigenvalue weighted by atomic mass is 10.2. The van der Waals surface area contributed by atoms with Gasteiger partial charge in [0.05, 0.1) is 11.4 Å². The quantitative estimate of drug-likeness (QED) is 0.896. The van der Waals surface area contributed by atoms with Gasteiger partial charge in [-0.3, -0.25) is 5.10 Å². The van der Waals surface area contributed by atoms with Crippen molar-refractivity contribution < 1.29 is 13.5 Å². The van der Waals surface area contributed by atoms with Gasteiger partial charge in [-0.15, -0.1) is 0 Å². The highest BCUT2D eigenvalue weighted by Crippen LogP contribution is 2.24. The van der Waals surface area contributed by atoms with Gasteiger partial charge >= 0.3 is 0 Å². The molecule has 2 rings (SSSR count). The van der Waals surface area contributed by atoms with Gasteiger partial charge in [-0.25, -0.2) is 8.42 Å². The Kier molecular flexibility index (Phi) is 3.82. The van der Waals surface area contributed by atoms with Gasteiger partial charge in [0.15, 0.2) is 0 Å². The zero-order chi connectivity index (χ0) is 14.9. The minimum absolute atomic E-state index is 0.0789. The molecular formula is C13H17N3O3S. The Morgan fingerprint density at radius 2 is 1.95 bits per heavy atom. The summed E-state index contributed by atoms with van der Waals surface area (Å²) >= 11 is 0. The molecule has 0 radical (unpaired) electrons. The van der Waals surface area contributed by atoms with Crippen LogP contribution >= 0.6 is 0 Å². The van der Waals surface area contributed by atoms with E-state index in [0.717, 1.165) is 0 Å². The van der Waals surface area contributed by atoms with Gasteiger partial charge in [-0.2, -0.15) is 9.40 Å². The SMILES string of the molecule is Cc1n[nH]c(C)c1S(=O)(=O)N(C)Cc1ccccc1O. The van der Waals surface area contributed by atoms with Gasteiger partial charge in [0.1, 0.15) is 10.6 Å². The van der Waals surface area contributed by atoms with Gasteiger partial charge in [0, 0.05) is 19.2 Å². The van der Waals surface area contributed by atoms with Crippen LogP contribution in [0.3, 0.4) is 0 Å². The number of H-pyrrole nitrogens is 1. The van der Waals surface area contributed by atoms with E-state index in [1.807, 2.05) is 0 Å². The number of nitrogens with one attached hydrogen (secondary N) is 1. The van der Waals surface area contributed by atoms with Gasteiger partial charge in [-0.05, 0) is 19.9 Å². The third-order valence-electron chi connectivity index (χ3n) is 3.11. The maximum atomic E-state index is 12.5. The van der Waals surface area contributed by atoms with Crippen LogP contribution in [0.1, 0.15) is 17.0 Å². The molecule has 6 nitrogen and oxygen atoms in total. The fraction of sp³-hybridized carbons (Fsp3) is 0.308. The van der Waals surface area contributed by atoms with Crippen molar-refractivity contribution >= 4 is 10.0 Å². The van der Waals surface area contributed by atoms with Crippen LogP contribution in [0.5, 0.6) is 5.75 Å². The van der Waals surface area contributed by atoms with Crippen LogP contribution < -0.4 is 0 Å². The van der Waals surface area contributed by atoms with Crippen molar-refractivity contribution in [2.24, 2.45) is 0 Å². The van der Waals surface area contributed by atoms with Crippen molar-refractivity contribution in [2.75, 3.05) is 7.05 Å². The highest BCUT2D eigenvalue weighted by atomic mass is 32.2. The number of para-hydroxylation sites is 1. The van der Waals surface area contributed by atoms with E-state index in [2.05, 4.69) is 10.2 Å². The van der Waals surface area contributed by atoms with E-state index in [0.29, 0.717) is 17.0 Å². The summed E-state index contributed by atoms with van der Waals surface area (Å²) in [5, 5.41) is 16.3. The number of aromatic hydroxyl groups is 1. The van der Waals surface area contributed by atoms with Crippen LogP contribution in [0.4, 0.5) is 0 Å². The molecule has 0 amide bonds. The smallest absolute Gasteiger partial charge is 0.246 e. The minimum Gasteiger partial charge on any atom is -0.508 e. The topological polar surface area (TPSA) is 86.3 Å². The first-order valence-electron chi connectivity index (χ1n) is 6.09. The number of sulfonamides is 1. The van der Waals surface area contributed by atoms with E-state index in [1.165, 1.54) is 17.4 Å². The van der Waals surface area contributed by atoms with Crippen LogP contribution in [0.15, 0.2) is 29.2 Å². The number of aryl methyl sites for hydroxylation is 2. The van der Waals surface area contributed by atoms with Gasteiger partial charge in [0.25, 0.3) is 0 Å². The lowest BCUT2D eigenvalue weighted by Gasteiger charge is -2.18. The number of hydrogen-bond acceptors (Lipinski definition) is 4. The summed E-state index contributed by atoms with van der Waals surface area (Å²) in [6.07, 6.45) is 0. The molecule has 1 heterocycles. The molecule has 108 valence electrons. The van der Waals surface area contributed by atoms with Crippen molar-refractivity contribution in [3.63, 3.8) is 0 Å². The van der Waals surface area contributed by atoms with E-state index in [-0.39, 0.29) is 17.2 Å². The van der Waals surface area contributed by atoms with Crippen LogP contribution in [0, 0.1) is 13.8 Å². The number of phenolic OH excluding ortho intramolecular Hbond substituents is 1. The number of aromatic nitrogens is 2. The van der Waals surface area contributed by atoms with E-state index in [1.54, 1.807) is 32.0 Å². The third kappa shape index (κ3) is 2.54. The third-order valence-corrected chi connectivity index (χ3v) is 5.18. The standard InChI is InChI=1S/C13H17N3O3S/c1-9-13(10(2)15-14-9)20(18,19)16(3)8-11-6-4-5-7-12(11)17/h4-7,17H,8H2,1-3H3,(H,14,15). The highest BCUT2D eigenvalue weighted by molar-refractivity contribution is 7.89.